The fraction of sp³-hybridized carbons (Fsp3) is 0.200. The summed E-state index contributed by atoms with van der Waals surface area (Å²) in [5.74, 6) is 0.441. The molecule has 1 atom stereocenters. The molecule has 9 nitrogen and oxygen atoms in total. The minimum atomic E-state index is -0.865. The number of amides is 2. The molecule has 1 heterocycles. The predicted molar refractivity (Wildman–Crippen MR) is 114 cm³/mol. The van der Waals surface area contributed by atoms with Crippen molar-refractivity contribution in [2.24, 2.45) is 10.1 Å². The molecule has 3 rings (SSSR count). The van der Waals surface area contributed by atoms with E-state index in [-0.39, 0.29) is 18.3 Å². The summed E-state index contributed by atoms with van der Waals surface area (Å²) in [5, 5.41) is 9.81. The van der Waals surface area contributed by atoms with Crippen molar-refractivity contribution in [3.8, 4) is 11.5 Å². The summed E-state index contributed by atoms with van der Waals surface area (Å²) in [6.07, 6.45) is 1.37. The third-order valence-corrected chi connectivity index (χ3v) is 4.47. The molecule has 2 aromatic rings. The molecule has 0 aromatic heterocycles. The lowest BCUT2D eigenvalue weighted by molar-refractivity contribution is -0.123. The van der Waals surface area contributed by atoms with Crippen molar-refractivity contribution in [1.82, 2.24) is 10.7 Å². The molecule has 1 aliphatic heterocycles. The van der Waals surface area contributed by atoms with E-state index in [1.807, 2.05) is 12.1 Å². The minimum Gasteiger partial charge on any atom is -0.497 e. The number of aliphatic imine (C=N–C) groups is 1. The molecule has 10 heteroatoms. The van der Waals surface area contributed by atoms with Crippen LogP contribution in [0.4, 0.5) is 5.69 Å². The zero-order chi connectivity index (χ0) is 21.5. The Balaban J connectivity index is 1.58. The number of hydrogen-bond donors (Lipinski definition) is 3. The maximum atomic E-state index is 12.3. The number of ether oxygens (including phenoxy) is 2. The van der Waals surface area contributed by atoms with Crippen molar-refractivity contribution in [2.75, 3.05) is 19.5 Å². The summed E-state index contributed by atoms with van der Waals surface area (Å²) < 4.78 is 10.3. The Morgan fingerprint density at radius 1 is 1.23 bits per heavy atom. The first kappa shape index (κ1) is 21.1. The van der Waals surface area contributed by atoms with Crippen LogP contribution in [-0.2, 0) is 9.59 Å². The SMILES string of the molecule is COc1cc(NC(=O)CC2N=C(NN=Cc3ccccc3Cl)NC2=O)cc(OC)c1. The van der Waals surface area contributed by atoms with E-state index in [0.29, 0.717) is 27.8 Å². The molecule has 156 valence electrons. The van der Waals surface area contributed by atoms with E-state index < -0.39 is 11.9 Å². The molecule has 0 radical (unpaired) electrons. The summed E-state index contributed by atoms with van der Waals surface area (Å²) in [6, 6.07) is 11.3. The Kier molecular flexibility index (Phi) is 6.87. The predicted octanol–water partition coefficient (Wildman–Crippen LogP) is 2.16. The summed E-state index contributed by atoms with van der Waals surface area (Å²) in [4.78, 5) is 28.6. The van der Waals surface area contributed by atoms with Crippen molar-refractivity contribution < 1.29 is 19.1 Å². The van der Waals surface area contributed by atoms with Gasteiger partial charge in [0.05, 0.1) is 26.9 Å². The van der Waals surface area contributed by atoms with Gasteiger partial charge in [-0.2, -0.15) is 5.10 Å². The monoisotopic (exact) mass is 429 g/mol. The average molecular weight is 430 g/mol. The second-order valence-corrected chi connectivity index (χ2v) is 6.64. The summed E-state index contributed by atoms with van der Waals surface area (Å²) in [5.41, 5.74) is 3.83. The second kappa shape index (κ2) is 9.75. The molecule has 2 aromatic carbocycles. The number of halogens is 1. The Hall–Kier alpha value is -3.59. The zero-order valence-corrected chi connectivity index (χ0v) is 17.1. The average Bonchev–Trinajstić information content (AvgIpc) is 3.07. The number of carbonyl (C=O) groups is 2. The number of carbonyl (C=O) groups excluding carboxylic acids is 2. The van der Waals surface area contributed by atoms with Gasteiger partial charge >= 0.3 is 0 Å². The van der Waals surface area contributed by atoms with E-state index in [1.165, 1.54) is 20.4 Å². The molecule has 0 bridgehead atoms. The minimum absolute atomic E-state index is 0.134. The van der Waals surface area contributed by atoms with Crippen LogP contribution in [0.25, 0.3) is 0 Å². The van der Waals surface area contributed by atoms with Gasteiger partial charge in [0.15, 0.2) is 0 Å². The first-order valence-corrected chi connectivity index (χ1v) is 9.31. The normalized spacial score (nSPS) is 15.5. The van der Waals surface area contributed by atoms with Crippen LogP contribution in [0.3, 0.4) is 0 Å². The van der Waals surface area contributed by atoms with Crippen LogP contribution in [-0.4, -0.2) is 44.2 Å². The van der Waals surface area contributed by atoms with Gasteiger partial charge in [-0.1, -0.05) is 29.8 Å². The van der Waals surface area contributed by atoms with E-state index in [2.05, 4.69) is 26.2 Å². The summed E-state index contributed by atoms with van der Waals surface area (Å²) >= 11 is 6.05. The number of hydrogen-bond acceptors (Lipinski definition) is 7. The Morgan fingerprint density at radius 3 is 2.60 bits per heavy atom. The Morgan fingerprint density at radius 2 is 1.93 bits per heavy atom. The molecule has 0 fully saturated rings. The number of rotatable bonds is 7. The standard InChI is InChI=1S/C20H20ClN5O4/c1-29-14-7-13(8-15(9-14)30-2)23-18(27)10-17-19(28)25-20(24-17)26-22-11-12-5-3-4-6-16(12)21/h3-9,11,17H,10H2,1-2H3,(H,23,27)(H2,24,25,26,28). The van der Waals surface area contributed by atoms with Crippen LogP contribution in [0.5, 0.6) is 11.5 Å². The Labute approximate surface area is 178 Å². The van der Waals surface area contributed by atoms with Gasteiger partial charge < -0.3 is 14.8 Å². The van der Waals surface area contributed by atoms with Gasteiger partial charge in [0, 0.05) is 34.5 Å². The first-order chi connectivity index (χ1) is 14.5. The van der Waals surface area contributed by atoms with Crippen molar-refractivity contribution in [1.29, 1.82) is 0 Å². The van der Waals surface area contributed by atoms with Gasteiger partial charge in [-0.25, -0.2) is 10.4 Å². The molecule has 30 heavy (non-hydrogen) atoms. The van der Waals surface area contributed by atoms with E-state index in [9.17, 15) is 9.59 Å². The van der Waals surface area contributed by atoms with Crippen molar-refractivity contribution in [3.05, 3.63) is 53.1 Å². The van der Waals surface area contributed by atoms with Crippen LogP contribution >= 0.6 is 11.6 Å². The maximum absolute atomic E-state index is 12.3. The highest BCUT2D eigenvalue weighted by atomic mass is 35.5. The van der Waals surface area contributed by atoms with Crippen molar-refractivity contribution >= 4 is 41.3 Å². The molecule has 0 saturated heterocycles. The van der Waals surface area contributed by atoms with Crippen molar-refractivity contribution in [3.63, 3.8) is 0 Å². The number of anilines is 1. The first-order valence-electron chi connectivity index (χ1n) is 8.93. The van der Waals surface area contributed by atoms with E-state index in [4.69, 9.17) is 21.1 Å². The highest BCUT2D eigenvalue weighted by Crippen LogP contribution is 2.26. The molecular formula is C20H20ClN5O4. The van der Waals surface area contributed by atoms with Crippen molar-refractivity contribution in [2.45, 2.75) is 12.5 Å². The van der Waals surface area contributed by atoms with Gasteiger partial charge in [0.2, 0.25) is 11.9 Å². The second-order valence-electron chi connectivity index (χ2n) is 6.23. The molecule has 1 unspecified atom stereocenters. The van der Waals surface area contributed by atoms with Gasteiger partial charge in [-0.15, -0.1) is 0 Å². The lowest BCUT2D eigenvalue weighted by atomic mass is 10.2. The highest BCUT2D eigenvalue weighted by Gasteiger charge is 2.28. The van der Waals surface area contributed by atoms with Crippen LogP contribution in [0, 0.1) is 0 Å². The molecule has 0 aliphatic carbocycles. The van der Waals surface area contributed by atoms with Gasteiger partial charge in [-0.3, -0.25) is 14.9 Å². The topological polar surface area (TPSA) is 113 Å². The lowest BCUT2D eigenvalue weighted by Crippen LogP contribution is -2.35. The fourth-order valence-electron chi connectivity index (χ4n) is 2.65. The molecule has 0 spiro atoms. The third kappa shape index (κ3) is 5.48. The van der Waals surface area contributed by atoms with Gasteiger partial charge in [0.25, 0.3) is 5.91 Å². The van der Waals surface area contributed by atoms with Crippen LogP contribution in [0.1, 0.15) is 12.0 Å². The quantitative estimate of drug-likeness (QED) is 0.461. The summed E-state index contributed by atoms with van der Waals surface area (Å²) in [7, 11) is 3.03. The van der Waals surface area contributed by atoms with Gasteiger partial charge in [0.1, 0.15) is 17.5 Å². The molecule has 2 amide bonds. The number of methoxy groups -OCH3 is 2. The smallest absolute Gasteiger partial charge is 0.252 e. The largest absolute Gasteiger partial charge is 0.497 e. The lowest BCUT2D eigenvalue weighted by Gasteiger charge is -2.10. The van der Waals surface area contributed by atoms with Crippen LogP contribution in [0.15, 0.2) is 52.6 Å². The molecule has 3 N–H and O–H groups in total. The molecule has 0 saturated carbocycles. The molecule has 1 aliphatic rings. The number of guanidine groups is 1. The Bertz CT molecular complexity index is 986. The fourth-order valence-corrected chi connectivity index (χ4v) is 2.84. The zero-order valence-electron chi connectivity index (χ0n) is 16.3. The number of benzene rings is 2. The third-order valence-electron chi connectivity index (χ3n) is 4.12. The van der Waals surface area contributed by atoms with E-state index in [1.54, 1.807) is 30.3 Å². The maximum Gasteiger partial charge on any atom is 0.252 e. The van der Waals surface area contributed by atoms with Crippen LogP contribution < -0.4 is 25.5 Å². The van der Waals surface area contributed by atoms with Crippen LogP contribution in [0.2, 0.25) is 5.02 Å². The number of nitrogens with one attached hydrogen (secondary N) is 3. The molecular weight excluding hydrogens is 410 g/mol. The van der Waals surface area contributed by atoms with E-state index >= 15 is 0 Å². The number of nitrogens with zero attached hydrogens (tertiary/aromatic N) is 2. The van der Waals surface area contributed by atoms with E-state index in [0.717, 1.165) is 0 Å². The van der Waals surface area contributed by atoms with Gasteiger partial charge in [-0.05, 0) is 6.07 Å². The number of hydrazone groups is 1. The highest BCUT2D eigenvalue weighted by molar-refractivity contribution is 6.33. The summed E-state index contributed by atoms with van der Waals surface area (Å²) in [6.45, 7) is 0.